The Morgan fingerprint density at radius 1 is 0.881 bits per heavy atom. The van der Waals surface area contributed by atoms with Gasteiger partial charge in [0, 0.05) is 13.1 Å². The van der Waals surface area contributed by atoms with E-state index in [1.54, 1.807) is 30.3 Å². The van der Waals surface area contributed by atoms with E-state index in [2.05, 4.69) is 10.0 Å². The summed E-state index contributed by atoms with van der Waals surface area (Å²) < 4.78 is 42.7. The first-order valence-electron chi connectivity index (χ1n) is 13.3. The lowest BCUT2D eigenvalue weighted by molar-refractivity contribution is 0.0600. The fourth-order valence-electron chi connectivity index (χ4n) is 4.15. The van der Waals surface area contributed by atoms with Crippen LogP contribution in [0.25, 0.3) is 11.1 Å². The molecular formula is C32H34N2O7S. The number of nitrogens with one attached hydrogen (secondary N) is 2. The van der Waals surface area contributed by atoms with Crippen LogP contribution in [0.2, 0.25) is 0 Å². The van der Waals surface area contributed by atoms with Gasteiger partial charge in [-0.2, -0.15) is 0 Å². The molecule has 0 aliphatic carbocycles. The van der Waals surface area contributed by atoms with Crippen molar-refractivity contribution in [3.8, 4) is 22.6 Å². The highest BCUT2D eigenvalue weighted by Gasteiger charge is 2.15. The van der Waals surface area contributed by atoms with Crippen LogP contribution in [0.1, 0.15) is 27.6 Å². The van der Waals surface area contributed by atoms with Crippen molar-refractivity contribution in [1.29, 1.82) is 0 Å². The van der Waals surface area contributed by atoms with E-state index < -0.39 is 16.1 Å². The highest BCUT2D eigenvalue weighted by Crippen LogP contribution is 2.30. The lowest BCUT2D eigenvalue weighted by Gasteiger charge is -2.17. The van der Waals surface area contributed by atoms with Gasteiger partial charge in [0.2, 0.25) is 10.0 Å². The number of aliphatic hydroxyl groups excluding tert-OH is 1. The Hall–Kier alpha value is -4.38. The van der Waals surface area contributed by atoms with Gasteiger partial charge >= 0.3 is 5.97 Å². The van der Waals surface area contributed by atoms with Gasteiger partial charge in [0.05, 0.1) is 30.7 Å². The number of carbonyl (C=O) groups is 1. The Morgan fingerprint density at radius 2 is 1.55 bits per heavy atom. The lowest BCUT2D eigenvalue weighted by Crippen LogP contribution is -2.26. The molecule has 0 aromatic heterocycles. The van der Waals surface area contributed by atoms with Gasteiger partial charge in [0.25, 0.3) is 0 Å². The van der Waals surface area contributed by atoms with Crippen LogP contribution in [0.5, 0.6) is 11.5 Å². The Labute approximate surface area is 246 Å². The zero-order valence-electron chi connectivity index (χ0n) is 23.4. The molecule has 0 spiro atoms. The molecule has 3 N–H and O–H groups in total. The third-order valence-corrected chi connectivity index (χ3v) is 6.89. The van der Waals surface area contributed by atoms with Gasteiger partial charge in [-0.3, -0.25) is 4.72 Å². The van der Waals surface area contributed by atoms with Crippen LogP contribution in [0, 0.1) is 0 Å². The van der Waals surface area contributed by atoms with Crippen molar-refractivity contribution in [2.75, 3.05) is 37.8 Å². The maximum absolute atomic E-state index is 11.9. The molecule has 220 valence electrons. The zero-order valence-corrected chi connectivity index (χ0v) is 24.3. The summed E-state index contributed by atoms with van der Waals surface area (Å²) in [7, 11) is -2.21. The summed E-state index contributed by atoms with van der Waals surface area (Å²) in [5, 5.41) is 13.9. The molecule has 0 aliphatic rings. The average Bonchev–Trinajstić information content (AvgIpc) is 3.00. The third-order valence-electron chi connectivity index (χ3n) is 6.30. The highest BCUT2D eigenvalue weighted by atomic mass is 32.2. The number of hydrogen-bond donors (Lipinski definition) is 3. The van der Waals surface area contributed by atoms with Gasteiger partial charge in [0.15, 0.2) is 0 Å². The van der Waals surface area contributed by atoms with Crippen LogP contribution in [-0.2, 0) is 21.4 Å². The summed E-state index contributed by atoms with van der Waals surface area (Å²) in [6, 6.07) is 29.3. The van der Waals surface area contributed by atoms with Gasteiger partial charge in [-0.1, -0.05) is 60.7 Å². The van der Waals surface area contributed by atoms with E-state index in [1.807, 2.05) is 66.7 Å². The van der Waals surface area contributed by atoms with Gasteiger partial charge in [0.1, 0.15) is 24.7 Å². The van der Waals surface area contributed by atoms with E-state index in [9.17, 15) is 18.3 Å². The fourth-order valence-corrected chi connectivity index (χ4v) is 4.71. The minimum absolute atomic E-state index is 0.242. The first kappa shape index (κ1) is 30.6. The van der Waals surface area contributed by atoms with E-state index in [0.717, 1.165) is 22.9 Å². The molecule has 0 aliphatic heterocycles. The van der Waals surface area contributed by atoms with Crippen molar-refractivity contribution in [2.45, 2.75) is 12.7 Å². The van der Waals surface area contributed by atoms with Crippen LogP contribution < -0.4 is 19.5 Å². The SMILES string of the molecule is COC(=O)c1ccc(-c2ccc(OCCNC[C@H](O)c3ccc(OCc4ccccc4)c(NS(C)(=O)=O)c3)cc2)cc1. The monoisotopic (exact) mass is 590 g/mol. The maximum atomic E-state index is 11.9. The number of sulfonamides is 1. The van der Waals surface area contributed by atoms with Crippen molar-refractivity contribution >= 4 is 21.7 Å². The van der Waals surface area contributed by atoms with Gasteiger partial charge in [-0.05, 0) is 58.7 Å². The number of hydrogen-bond acceptors (Lipinski definition) is 8. The minimum atomic E-state index is -3.56. The molecule has 4 aromatic carbocycles. The normalized spacial score (nSPS) is 11.9. The summed E-state index contributed by atoms with van der Waals surface area (Å²) in [5.74, 6) is 0.697. The summed E-state index contributed by atoms with van der Waals surface area (Å²) in [6.45, 7) is 1.38. The molecule has 0 amide bonds. The molecule has 42 heavy (non-hydrogen) atoms. The number of ether oxygens (including phenoxy) is 3. The average molecular weight is 591 g/mol. The number of carbonyl (C=O) groups excluding carboxylic acids is 1. The first-order chi connectivity index (χ1) is 20.2. The van der Waals surface area contributed by atoms with Crippen LogP contribution in [0.15, 0.2) is 97.1 Å². The summed E-state index contributed by atoms with van der Waals surface area (Å²) >= 11 is 0. The van der Waals surface area contributed by atoms with E-state index in [0.29, 0.717) is 35.8 Å². The predicted molar refractivity (Wildman–Crippen MR) is 162 cm³/mol. The van der Waals surface area contributed by atoms with E-state index in [4.69, 9.17) is 14.2 Å². The number of benzene rings is 4. The minimum Gasteiger partial charge on any atom is -0.492 e. The largest absolute Gasteiger partial charge is 0.492 e. The Bertz CT molecular complexity index is 1560. The first-order valence-corrected chi connectivity index (χ1v) is 15.2. The van der Waals surface area contributed by atoms with Crippen molar-refractivity contribution < 1.29 is 32.5 Å². The van der Waals surface area contributed by atoms with E-state index in [1.165, 1.54) is 7.11 Å². The second-order valence-electron chi connectivity index (χ2n) is 9.57. The highest BCUT2D eigenvalue weighted by molar-refractivity contribution is 7.92. The molecule has 4 aromatic rings. The van der Waals surface area contributed by atoms with Gasteiger partial charge in [-0.25, -0.2) is 13.2 Å². The van der Waals surface area contributed by atoms with Crippen molar-refractivity contribution in [3.63, 3.8) is 0 Å². The topological polar surface area (TPSA) is 123 Å². The van der Waals surface area contributed by atoms with Crippen LogP contribution in [0.4, 0.5) is 5.69 Å². The molecule has 10 heteroatoms. The summed E-state index contributed by atoms with van der Waals surface area (Å²) in [5.41, 5.74) is 4.19. The molecule has 0 saturated heterocycles. The summed E-state index contributed by atoms with van der Waals surface area (Å²) in [6.07, 6.45) is 0.189. The maximum Gasteiger partial charge on any atom is 0.337 e. The molecule has 0 bridgehead atoms. The molecule has 4 rings (SSSR count). The quantitative estimate of drug-likeness (QED) is 0.142. The van der Waals surface area contributed by atoms with Crippen molar-refractivity contribution in [3.05, 3.63) is 114 Å². The Balaban J connectivity index is 1.26. The molecule has 0 saturated carbocycles. The van der Waals surface area contributed by atoms with Crippen LogP contribution in [0.3, 0.4) is 0 Å². The van der Waals surface area contributed by atoms with E-state index in [-0.39, 0.29) is 24.8 Å². The fraction of sp³-hybridized carbons (Fsp3) is 0.219. The van der Waals surface area contributed by atoms with E-state index >= 15 is 0 Å². The number of anilines is 1. The summed E-state index contributed by atoms with van der Waals surface area (Å²) in [4.78, 5) is 11.6. The molecule has 0 radical (unpaired) electrons. The number of rotatable bonds is 14. The third kappa shape index (κ3) is 9.07. The standard InChI is InChI=1S/C32H34N2O7S/c1-39-32(36)26-10-8-24(9-11-26)25-12-15-28(16-13-25)40-19-18-33-21-30(35)27-14-17-31(29(20-27)34-42(2,37)38)41-22-23-6-4-3-5-7-23/h3-17,20,30,33-35H,18-19,21-22H2,1-2H3/t30-/m0/s1. The second-order valence-corrected chi connectivity index (χ2v) is 11.3. The number of methoxy groups -OCH3 is 1. The number of esters is 1. The van der Waals surface area contributed by atoms with Crippen molar-refractivity contribution in [1.82, 2.24) is 5.32 Å². The molecule has 9 nitrogen and oxygen atoms in total. The molecule has 0 heterocycles. The molecule has 0 fully saturated rings. The molecule has 1 atom stereocenters. The smallest absolute Gasteiger partial charge is 0.337 e. The zero-order chi connectivity index (χ0) is 30.0. The Kier molecular flexibility index (Phi) is 10.6. The second kappa shape index (κ2) is 14.5. The van der Waals surface area contributed by atoms with Crippen LogP contribution in [-0.4, -0.2) is 52.6 Å². The molecular weight excluding hydrogens is 556 g/mol. The predicted octanol–water partition coefficient (Wildman–Crippen LogP) is 4.79. The van der Waals surface area contributed by atoms with Gasteiger partial charge in [-0.15, -0.1) is 0 Å². The van der Waals surface area contributed by atoms with Crippen molar-refractivity contribution in [2.24, 2.45) is 0 Å². The van der Waals surface area contributed by atoms with Crippen LogP contribution >= 0.6 is 0 Å². The number of aliphatic hydroxyl groups is 1. The van der Waals surface area contributed by atoms with Gasteiger partial charge < -0.3 is 24.6 Å². The lowest BCUT2D eigenvalue weighted by atomic mass is 10.0. The Morgan fingerprint density at radius 3 is 2.19 bits per heavy atom. The molecule has 0 unspecified atom stereocenters.